The van der Waals surface area contributed by atoms with Crippen LogP contribution in [0.4, 0.5) is 5.82 Å². The van der Waals surface area contributed by atoms with Crippen molar-refractivity contribution in [1.29, 1.82) is 0 Å². The average molecular weight is 424 g/mol. The number of halogens is 1. The molecule has 0 saturated carbocycles. The molecule has 0 bridgehead atoms. The van der Waals surface area contributed by atoms with Gasteiger partial charge < -0.3 is 9.73 Å². The zero-order valence-electron chi connectivity index (χ0n) is 16.3. The first kappa shape index (κ1) is 19.7. The van der Waals surface area contributed by atoms with E-state index in [1.54, 1.807) is 49.4 Å². The number of amides is 1. The first-order valence-electron chi connectivity index (χ1n) is 9.27. The van der Waals surface area contributed by atoms with E-state index < -0.39 is 0 Å². The van der Waals surface area contributed by atoms with Gasteiger partial charge in [0, 0.05) is 27.9 Å². The van der Waals surface area contributed by atoms with Crippen molar-refractivity contribution in [3.05, 3.63) is 80.9 Å². The third-order valence-corrected chi connectivity index (χ3v) is 4.85. The first-order valence-corrected chi connectivity index (χ1v) is 9.65. The van der Waals surface area contributed by atoms with Gasteiger partial charge >= 0.3 is 0 Å². The summed E-state index contributed by atoms with van der Waals surface area (Å²) in [7, 11) is 0. The van der Waals surface area contributed by atoms with Crippen LogP contribution in [0.5, 0.6) is 0 Å². The fourth-order valence-electron chi connectivity index (χ4n) is 3.08. The Hall–Kier alpha value is -3.65. The van der Waals surface area contributed by atoms with Crippen molar-refractivity contribution in [3.63, 3.8) is 0 Å². The van der Waals surface area contributed by atoms with E-state index in [4.69, 9.17) is 16.0 Å². The average Bonchev–Trinajstić information content (AvgIpc) is 3.38. The SMILES string of the molecule is CCc1c(C)nc(-n2nc(-c3ccco3)cc2NC(=O)c2ccc(Cl)cc2)[nH]c1=O. The third kappa shape index (κ3) is 3.77. The van der Waals surface area contributed by atoms with Gasteiger partial charge in [0.1, 0.15) is 11.5 Å². The predicted octanol–water partition coefficient (Wildman–Crippen LogP) is 3.99. The van der Waals surface area contributed by atoms with Gasteiger partial charge in [0.25, 0.3) is 11.5 Å². The second-order valence-corrected chi connectivity index (χ2v) is 7.01. The molecule has 3 aromatic heterocycles. The number of nitrogens with zero attached hydrogens (tertiary/aromatic N) is 3. The highest BCUT2D eigenvalue weighted by atomic mass is 35.5. The largest absolute Gasteiger partial charge is 0.463 e. The molecule has 0 aliphatic rings. The zero-order valence-corrected chi connectivity index (χ0v) is 17.0. The second-order valence-electron chi connectivity index (χ2n) is 6.57. The number of hydrogen-bond acceptors (Lipinski definition) is 5. The summed E-state index contributed by atoms with van der Waals surface area (Å²) in [4.78, 5) is 32.4. The number of carbonyl (C=O) groups is 1. The molecule has 1 aromatic carbocycles. The fraction of sp³-hybridized carbons (Fsp3) is 0.143. The molecule has 9 heteroatoms. The molecule has 4 rings (SSSR count). The molecule has 0 unspecified atom stereocenters. The maximum Gasteiger partial charge on any atom is 0.256 e. The molecular weight excluding hydrogens is 406 g/mol. The van der Waals surface area contributed by atoms with E-state index in [2.05, 4.69) is 20.4 Å². The molecule has 0 aliphatic heterocycles. The molecular formula is C21H18ClN5O3. The summed E-state index contributed by atoms with van der Waals surface area (Å²) in [5.74, 6) is 0.676. The van der Waals surface area contributed by atoms with Gasteiger partial charge in [-0.05, 0) is 49.7 Å². The number of benzene rings is 1. The lowest BCUT2D eigenvalue weighted by Gasteiger charge is -2.10. The van der Waals surface area contributed by atoms with Gasteiger partial charge in [-0.1, -0.05) is 18.5 Å². The number of furan rings is 1. The Morgan fingerprint density at radius 2 is 2.03 bits per heavy atom. The Bertz CT molecular complexity index is 1260. The second kappa shape index (κ2) is 8.00. The third-order valence-electron chi connectivity index (χ3n) is 4.59. The first-order chi connectivity index (χ1) is 14.5. The monoisotopic (exact) mass is 423 g/mol. The summed E-state index contributed by atoms with van der Waals surface area (Å²) in [6.45, 7) is 3.65. The van der Waals surface area contributed by atoms with Crippen LogP contribution in [-0.2, 0) is 6.42 Å². The van der Waals surface area contributed by atoms with Gasteiger partial charge in [0.2, 0.25) is 5.95 Å². The van der Waals surface area contributed by atoms with E-state index in [-0.39, 0.29) is 17.4 Å². The minimum absolute atomic E-state index is 0.193. The normalized spacial score (nSPS) is 10.9. The smallest absolute Gasteiger partial charge is 0.256 e. The van der Waals surface area contributed by atoms with Crippen molar-refractivity contribution in [2.75, 3.05) is 5.32 Å². The molecule has 0 fully saturated rings. The topological polar surface area (TPSA) is 106 Å². The Balaban J connectivity index is 1.78. The summed E-state index contributed by atoms with van der Waals surface area (Å²) >= 11 is 5.90. The summed E-state index contributed by atoms with van der Waals surface area (Å²) in [5.41, 5.74) is 1.85. The minimum Gasteiger partial charge on any atom is -0.463 e. The highest BCUT2D eigenvalue weighted by molar-refractivity contribution is 6.30. The minimum atomic E-state index is -0.358. The number of H-pyrrole nitrogens is 1. The molecule has 3 heterocycles. The van der Waals surface area contributed by atoms with E-state index in [1.165, 1.54) is 10.9 Å². The van der Waals surface area contributed by atoms with E-state index in [0.29, 0.717) is 45.5 Å². The van der Waals surface area contributed by atoms with E-state index in [0.717, 1.165) is 0 Å². The van der Waals surface area contributed by atoms with Crippen molar-refractivity contribution in [2.45, 2.75) is 20.3 Å². The molecule has 2 N–H and O–H groups in total. The van der Waals surface area contributed by atoms with Gasteiger partial charge in [-0.25, -0.2) is 4.98 Å². The Kier molecular flexibility index (Phi) is 5.24. The molecule has 0 radical (unpaired) electrons. The van der Waals surface area contributed by atoms with E-state index >= 15 is 0 Å². The molecule has 0 aliphatic carbocycles. The molecule has 152 valence electrons. The number of aryl methyl sites for hydroxylation is 1. The maximum atomic E-state index is 12.7. The molecule has 0 spiro atoms. The Morgan fingerprint density at radius 3 is 2.67 bits per heavy atom. The highest BCUT2D eigenvalue weighted by Gasteiger charge is 2.18. The van der Waals surface area contributed by atoms with Crippen LogP contribution in [0.3, 0.4) is 0 Å². The number of aromatic nitrogens is 4. The maximum absolute atomic E-state index is 12.7. The van der Waals surface area contributed by atoms with Gasteiger partial charge in [0.15, 0.2) is 5.76 Å². The van der Waals surface area contributed by atoms with Gasteiger partial charge in [-0.2, -0.15) is 9.78 Å². The van der Waals surface area contributed by atoms with Gasteiger partial charge in [-0.15, -0.1) is 0 Å². The van der Waals surface area contributed by atoms with Gasteiger partial charge in [-0.3, -0.25) is 14.6 Å². The number of hydrogen-bond donors (Lipinski definition) is 2. The van der Waals surface area contributed by atoms with E-state index in [1.807, 2.05) is 6.92 Å². The molecule has 8 nitrogen and oxygen atoms in total. The highest BCUT2D eigenvalue weighted by Crippen LogP contribution is 2.24. The zero-order chi connectivity index (χ0) is 21.3. The van der Waals surface area contributed by atoms with Gasteiger partial charge in [0.05, 0.1) is 6.26 Å². The van der Waals surface area contributed by atoms with Crippen molar-refractivity contribution >= 4 is 23.3 Å². The Labute approximate surface area is 176 Å². The van der Waals surface area contributed by atoms with Crippen LogP contribution in [0.25, 0.3) is 17.4 Å². The van der Waals surface area contributed by atoms with Crippen LogP contribution >= 0.6 is 11.6 Å². The Morgan fingerprint density at radius 1 is 1.27 bits per heavy atom. The quantitative estimate of drug-likeness (QED) is 0.504. The lowest BCUT2D eigenvalue weighted by Crippen LogP contribution is -2.21. The van der Waals surface area contributed by atoms with Crippen molar-refractivity contribution in [3.8, 4) is 17.4 Å². The lowest BCUT2D eigenvalue weighted by atomic mass is 10.2. The summed E-state index contributed by atoms with van der Waals surface area (Å²) in [6.07, 6.45) is 2.09. The molecule has 0 atom stereocenters. The summed E-state index contributed by atoms with van der Waals surface area (Å²) in [5, 5.41) is 7.82. The van der Waals surface area contributed by atoms with Crippen LogP contribution in [0.2, 0.25) is 5.02 Å². The van der Waals surface area contributed by atoms with Crippen molar-refractivity contribution in [1.82, 2.24) is 19.7 Å². The van der Waals surface area contributed by atoms with Crippen LogP contribution < -0.4 is 10.9 Å². The standard InChI is InChI=1S/C21H18ClN5O3/c1-3-15-12(2)23-21(25-20(15)29)27-18(11-16(26-27)17-5-4-10-30-17)24-19(28)13-6-8-14(22)9-7-13/h4-11H,3H2,1-2H3,(H,24,28)(H,23,25,29). The van der Waals surface area contributed by atoms with Crippen LogP contribution in [0.1, 0.15) is 28.5 Å². The van der Waals surface area contributed by atoms with Crippen molar-refractivity contribution < 1.29 is 9.21 Å². The fourth-order valence-corrected chi connectivity index (χ4v) is 3.20. The van der Waals surface area contributed by atoms with Crippen LogP contribution in [0.15, 0.2) is 57.9 Å². The van der Waals surface area contributed by atoms with E-state index in [9.17, 15) is 9.59 Å². The number of nitrogens with one attached hydrogen (secondary N) is 2. The summed E-state index contributed by atoms with van der Waals surface area (Å²) < 4.78 is 6.79. The molecule has 4 aromatic rings. The molecule has 30 heavy (non-hydrogen) atoms. The molecule has 0 saturated heterocycles. The predicted molar refractivity (Wildman–Crippen MR) is 113 cm³/mol. The van der Waals surface area contributed by atoms with Crippen molar-refractivity contribution in [2.24, 2.45) is 0 Å². The van der Waals surface area contributed by atoms with Crippen LogP contribution in [0, 0.1) is 6.92 Å². The molecule has 1 amide bonds. The number of anilines is 1. The number of aromatic amines is 1. The number of carbonyl (C=O) groups excluding carboxylic acids is 1. The summed E-state index contributed by atoms with van der Waals surface area (Å²) in [6, 6.07) is 11.6. The van der Waals surface area contributed by atoms with Crippen LogP contribution in [-0.4, -0.2) is 25.7 Å². The number of rotatable bonds is 5. The lowest BCUT2D eigenvalue weighted by molar-refractivity contribution is 0.102.